The molecule has 2 aromatic rings. The van der Waals surface area contributed by atoms with E-state index in [4.69, 9.17) is 22.7 Å². The molecule has 104 valence electrons. The lowest BCUT2D eigenvalue weighted by molar-refractivity contribution is -0.138. The second-order valence-corrected chi connectivity index (χ2v) is 4.28. The van der Waals surface area contributed by atoms with Crippen molar-refractivity contribution in [2.75, 3.05) is 0 Å². The van der Waals surface area contributed by atoms with Gasteiger partial charge >= 0.3 is 6.18 Å². The predicted octanol–water partition coefficient (Wildman–Crippen LogP) is 3.53. The van der Waals surface area contributed by atoms with Crippen LogP contribution in [-0.2, 0) is 6.18 Å². The van der Waals surface area contributed by atoms with Gasteiger partial charge in [0.15, 0.2) is 0 Å². The van der Waals surface area contributed by atoms with Crippen molar-refractivity contribution in [2.24, 2.45) is 5.73 Å². The highest BCUT2D eigenvalue weighted by Crippen LogP contribution is 2.37. The number of halogens is 3. The summed E-state index contributed by atoms with van der Waals surface area (Å²) >= 11 is 4.73. The Kier molecular flexibility index (Phi) is 3.89. The normalized spacial score (nSPS) is 11.2. The van der Waals surface area contributed by atoms with Gasteiger partial charge < -0.3 is 10.5 Å². The number of ether oxygens (including phenoxy) is 1. The summed E-state index contributed by atoms with van der Waals surface area (Å²) in [5, 5.41) is 0. The highest BCUT2D eigenvalue weighted by atomic mass is 32.1. The molecule has 0 radical (unpaired) electrons. The van der Waals surface area contributed by atoms with Gasteiger partial charge in [-0.2, -0.15) is 13.2 Å². The molecular formula is C13H9F3N2OS. The molecule has 0 saturated carbocycles. The van der Waals surface area contributed by atoms with E-state index in [1.54, 1.807) is 0 Å². The number of rotatable bonds is 3. The molecule has 0 aliphatic heterocycles. The van der Waals surface area contributed by atoms with E-state index in [2.05, 4.69) is 4.98 Å². The summed E-state index contributed by atoms with van der Waals surface area (Å²) in [4.78, 5) is 4.00. The Morgan fingerprint density at radius 3 is 2.40 bits per heavy atom. The lowest BCUT2D eigenvalue weighted by Crippen LogP contribution is -2.11. The molecule has 0 unspecified atom stereocenters. The molecule has 1 heterocycles. The number of para-hydroxylation sites is 1. The maximum atomic E-state index is 12.8. The number of benzene rings is 1. The number of nitrogens with two attached hydrogens (primary N) is 1. The Hall–Kier alpha value is -2.15. The van der Waals surface area contributed by atoms with Crippen LogP contribution in [0, 0.1) is 0 Å². The van der Waals surface area contributed by atoms with Crippen LogP contribution in [0.5, 0.6) is 11.5 Å². The minimum Gasteiger partial charge on any atom is -0.455 e. The van der Waals surface area contributed by atoms with Crippen molar-refractivity contribution in [3.63, 3.8) is 0 Å². The quantitative estimate of drug-likeness (QED) is 0.881. The van der Waals surface area contributed by atoms with Gasteiger partial charge in [-0.3, -0.25) is 0 Å². The maximum absolute atomic E-state index is 12.8. The van der Waals surface area contributed by atoms with Crippen LogP contribution in [0.2, 0.25) is 0 Å². The van der Waals surface area contributed by atoms with Crippen molar-refractivity contribution < 1.29 is 17.9 Å². The summed E-state index contributed by atoms with van der Waals surface area (Å²) in [7, 11) is 0. The van der Waals surface area contributed by atoms with E-state index < -0.39 is 11.7 Å². The summed E-state index contributed by atoms with van der Waals surface area (Å²) in [5.41, 5.74) is 4.90. The van der Waals surface area contributed by atoms with Crippen LogP contribution in [0.15, 0.2) is 42.6 Å². The summed E-state index contributed by atoms with van der Waals surface area (Å²) in [6, 6.07) is 7.88. The molecule has 0 fully saturated rings. The Bertz CT molecular complexity index is 626. The third-order valence-electron chi connectivity index (χ3n) is 2.41. The Labute approximate surface area is 118 Å². The molecule has 0 bridgehead atoms. The summed E-state index contributed by atoms with van der Waals surface area (Å²) in [6.45, 7) is 0. The molecule has 1 aromatic carbocycles. The molecule has 0 atom stereocenters. The minimum absolute atomic E-state index is 0.104. The Balaban J connectivity index is 2.28. The second kappa shape index (κ2) is 5.46. The average molecular weight is 298 g/mol. The van der Waals surface area contributed by atoms with Crippen molar-refractivity contribution in [3.8, 4) is 11.5 Å². The first-order valence-corrected chi connectivity index (χ1v) is 5.88. The molecule has 1 aromatic heterocycles. The zero-order valence-electron chi connectivity index (χ0n) is 10.0. The molecule has 0 aliphatic carbocycles. The zero-order chi connectivity index (χ0) is 14.8. The molecule has 0 spiro atoms. The van der Waals surface area contributed by atoms with Crippen molar-refractivity contribution in [1.82, 2.24) is 4.98 Å². The molecule has 20 heavy (non-hydrogen) atoms. The Morgan fingerprint density at radius 2 is 1.85 bits per heavy atom. The van der Waals surface area contributed by atoms with Gasteiger partial charge in [0.1, 0.15) is 16.5 Å². The standard InChI is InChI=1S/C13H9F3N2OS/c14-13(15,16)9-3-1-2-4-11(9)19-8-5-6-10(12(17)20)18-7-8/h1-7H,(H2,17,20). The minimum atomic E-state index is -4.48. The van der Waals surface area contributed by atoms with Gasteiger partial charge in [-0.05, 0) is 24.3 Å². The van der Waals surface area contributed by atoms with E-state index in [1.807, 2.05) is 0 Å². The fraction of sp³-hybridized carbons (Fsp3) is 0.0769. The monoisotopic (exact) mass is 298 g/mol. The second-order valence-electron chi connectivity index (χ2n) is 3.84. The van der Waals surface area contributed by atoms with Gasteiger partial charge in [-0.15, -0.1) is 0 Å². The van der Waals surface area contributed by atoms with E-state index in [0.29, 0.717) is 5.69 Å². The lowest BCUT2D eigenvalue weighted by atomic mass is 10.2. The zero-order valence-corrected chi connectivity index (χ0v) is 10.8. The van der Waals surface area contributed by atoms with Crippen LogP contribution in [0.1, 0.15) is 11.3 Å². The molecule has 2 N–H and O–H groups in total. The number of alkyl halides is 3. The number of aromatic nitrogens is 1. The van der Waals surface area contributed by atoms with Crippen molar-refractivity contribution >= 4 is 17.2 Å². The predicted molar refractivity (Wildman–Crippen MR) is 71.6 cm³/mol. The molecule has 2 rings (SSSR count). The topological polar surface area (TPSA) is 48.1 Å². The number of hydrogen-bond acceptors (Lipinski definition) is 3. The summed E-state index contributed by atoms with van der Waals surface area (Å²) in [5.74, 6) is -0.119. The molecule has 0 aliphatic rings. The number of nitrogens with zero attached hydrogens (tertiary/aromatic N) is 1. The van der Waals surface area contributed by atoms with E-state index in [-0.39, 0.29) is 16.5 Å². The lowest BCUT2D eigenvalue weighted by Gasteiger charge is -2.13. The van der Waals surface area contributed by atoms with Crippen LogP contribution >= 0.6 is 12.2 Å². The average Bonchev–Trinajstić information content (AvgIpc) is 2.38. The maximum Gasteiger partial charge on any atom is 0.419 e. The van der Waals surface area contributed by atoms with E-state index in [9.17, 15) is 13.2 Å². The van der Waals surface area contributed by atoms with Crippen LogP contribution in [0.3, 0.4) is 0 Å². The smallest absolute Gasteiger partial charge is 0.419 e. The van der Waals surface area contributed by atoms with Gasteiger partial charge in [0.2, 0.25) is 0 Å². The number of hydrogen-bond donors (Lipinski definition) is 1. The molecule has 0 amide bonds. The Morgan fingerprint density at radius 1 is 1.15 bits per heavy atom. The van der Waals surface area contributed by atoms with Crippen LogP contribution in [0.4, 0.5) is 13.2 Å². The van der Waals surface area contributed by atoms with Crippen molar-refractivity contribution in [2.45, 2.75) is 6.18 Å². The first-order valence-electron chi connectivity index (χ1n) is 5.48. The summed E-state index contributed by atoms with van der Waals surface area (Å²) < 4.78 is 43.6. The van der Waals surface area contributed by atoms with E-state index in [1.165, 1.54) is 36.5 Å². The van der Waals surface area contributed by atoms with Gasteiger partial charge in [0, 0.05) is 0 Å². The van der Waals surface area contributed by atoms with Crippen molar-refractivity contribution in [1.29, 1.82) is 0 Å². The van der Waals surface area contributed by atoms with E-state index in [0.717, 1.165) is 6.07 Å². The number of thiocarbonyl (C=S) groups is 1. The largest absolute Gasteiger partial charge is 0.455 e. The van der Waals surface area contributed by atoms with Gasteiger partial charge in [0.25, 0.3) is 0 Å². The molecular weight excluding hydrogens is 289 g/mol. The highest BCUT2D eigenvalue weighted by Gasteiger charge is 2.34. The van der Waals surface area contributed by atoms with Gasteiger partial charge in [-0.25, -0.2) is 4.98 Å². The van der Waals surface area contributed by atoms with Crippen LogP contribution < -0.4 is 10.5 Å². The van der Waals surface area contributed by atoms with Gasteiger partial charge in [0.05, 0.1) is 17.5 Å². The fourth-order valence-electron chi connectivity index (χ4n) is 1.50. The number of pyridine rings is 1. The SMILES string of the molecule is NC(=S)c1ccc(Oc2ccccc2C(F)(F)F)cn1. The summed E-state index contributed by atoms with van der Waals surface area (Å²) in [6.07, 6.45) is -3.22. The van der Waals surface area contributed by atoms with E-state index >= 15 is 0 Å². The van der Waals surface area contributed by atoms with Crippen LogP contribution in [-0.4, -0.2) is 9.97 Å². The first-order chi connectivity index (χ1) is 9.38. The fourth-order valence-corrected chi connectivity index (χ4v) is 1.62. The van der Waals surface area contributed by atoms with Gasteiger partial charge in [-0.1, -0.05) is 24.4 Å². The molecule has 0 saturated heterocycles. The van der Waals surface area contributed by atoms with Crippen molar-refractivity contribution in [3.05, 3.63) is 53.9 Å². The van der Waals surface area contributed by atoms with Crippen LogP contribution in [0.25, 0.3) is 0 Å². The highest BCUT2D eigenvalue weighted by molar-refractivity contribution is 7.80. The third kappa shape index (κ3) is 3.24. The third-order valence-corrected chi connectivity index (χ3v) is 2.62. The first kappa shape index (κ1) is 14.3. The molecule has 7 heteroatoms. The molecule has 3 nitrogen and oxygen atoms in total.